The van der Waals surface area contributed by atoms with Crippen molar-refractivity contribution in [3.63, 3.8) is 0 Å². The maximum Gasteiger partial charge on any atom is 0.337 e. The highest BCUT2D eigenvalue weighted by atomic mass is 16.5. The molecule has 0 saturated heterocycles. The minimum absolute atomic E-state index is 0.00611. The number of nitrogens with two attached hydrogens (primary N) is 1. The van der Waals surface area contributed by atoms with E-state index in [2.05, 4.69) is 11.4 Å². The van der Waals surface area contributed by atoms with Gasteiger partial charge in [0, 0.05) is 11.4 Å². The highest BCUT2D eigenvalue weighted by molar-refractivity contribution is 5.95. The second-order valence-electron chi connectivity index (χ2n) is 4.23. The number of para-hydroxylation sites is 1. The molecule has 0 saturated carbocycles. The van der Waals surface area contributed by atoms with Gasteiger partial charge in [0.25, 0.3) is 0 Å². The first-order valence-corrected chi connectivity index (χ1v) is 6.03. The molecule has 0 atom stereocenters. The summed E-state index contributed by atoms with van der Waals surface area (Å²) in [5.74, 6) is -0.626. The minimum Gasteiger partial charge on any atom is -0.495 e. The number of anilines is 3. The number of nitrogens with one attached hydrogen (secondary N) is 1. The Morgan fingerprint density at radius 3 is 2.76 bits per heavy atom. The predicted molar refractivity (Wildman–Crippen MR) is 78.8 cm³/mol. The molecule has 2 aromatic carbocycles. The van der Waals surface area contributed by atoms with Crippen molar-refractivity contribution >= 4 is 23.0 Å². The average molecular weight is 283 g/mol. The van der Waals surface area contributed by atoms with E-state index in [9.17, 15) is 4.79 Å². The van der Waals surface area contributed by atoms with Gasteiger partial charge < -0.3 is 20.9 Å². The molecule has 21 heavy (non-hydrogen) atoms. The Bertz CT molecular complexity index is 735. The third-order valence-corrected chi connectivity index (χ3v) is 2.92. The molecule has 4 N–H and O–H groups in total. The van der Waals surface area contributed by atoms with E-state index in [4.69, 9.17) is 20.8 Å². The number of hydrogen-bond donors (Lipinski definition) is 3. The van der Waals surface area contributed by atoms with Gasteiger partial charge in [-0.15, -0.1) is 0 Å². The van der Waals surface area contributed by atoms with Crippen molar-refractivity contribution in [2.24, 2.45) is 0 Å². The Morgan fingerprint density at radius 2 is 2.14 bits per heavy atom. The number of methoxy groups -OCH3 is 1. The quantitative estimate of drug-likeness (QED) is 0.744. The second kappa shape index (κ2) is 5.84. The number of hydrogen-bond acceptors (Lipinski definition) is 5. The monoisotopic (exact) mass is 283 g/mol. The Labute approximate surface area is 121 Å². The summed E-state index contributed by atoms with van der Waals surface area (Å²) in [6, 6.07) is 11.6. The van der Waals surface area contributed by atoms with E-state index in [1.165, 1.54) is 19.2 Å². The van der Waals surface area contributed by atoms with Gasteiger partial charge in [0.05, 0.1) is 23.9 Å². The molecule has 6 heteroatoms. The summed E-state index contributed by atoms with van der Waals surface area (Å²) in [5, 5.41) is 21.2. The first-order chi connectivity index (χ1) is 10.1. The highest BCUT2D eigenvalue weighted by Gasteiger charge is 2.12. The summed E-state index contributed by atoms with van der Waals surface area (Å²) in [4.78, 5) is 11.1. The molecule has 0 aliphatic carbocycles. The molecule has 2 rings (SSSR count). The van der Waals surface area contributed by atoms with E-state index in [1.807, 2.05) is 0 Å². The van der Waals surface area contributed by atoms with Gasteiger partial charge >= 0.3 is 5.97 Å². The van der Waals surface area contributed by atoms with Crippen molar-refractivity contribution in [3.8, 4) is 11.8 Å². The summed E-state index contributed by atoms with van der Waals surface area (Å²) in [6.07, 6.45) is 0. The molecule has 2 aromatic rings. The molecule has 0 spiro atoms. The van der Waals surface area contributed by atoms with Crippen LogP contribution in [0, 0.1) is 11.3 Å². The van der Waals surface area contributed by atoms with Gasteiger partial charge in [-0.3, -0.25) is 0 Å². The molecule has 0 amide bonds. The predicted octanol–water partition coefficient (Wildman–Crippen LogP) is 2.59. The summed E-state index contributed by atoms with van der Waals surface area (Å²) in [5.41, 5.74) is 7.15. The Morgan fingerprint density at radius 1 is 1.38 bits per heavy atom. The average Bonchev–Trinajstić information content (AvgIpc) is 2.49. The fraction of sp³-hybridized carbons (Fsp3) is 0.0667. The number of rotatable bonds is 4. The number of aromatic carboxylic acids is 1. The molecule has 0 unspecified atom stereocenters. The van der Waals surface area contributed by atoms with E-state index in [0.29, 0.717) is 22.7 Å². The normalized spacial score (nSPS) is 9.71. The maximum atomic E-state index is 11.1. The number of nitrogen functional groups attached to an aromatic ring is 1. The van der Waals surface area contributed by atoms with Gasteiger partial charge in [0.1, 0.15) is 11.8 Å². The van der Waals surface area contributed by atoms with Crippen molar-refractivity contribution < 1.29 is 14.6 Å². The van der Waals surface area contributed by atoms with Crippen LogP contribution in [0.3, 0.4) is 0 Å². The van der Waals surface area contributed by atoms with Crippen molar-refractivity contribution in [2.75, 3.05) is 18.2 Å². The van der Waals surface area contributed by atoms with E-state index >= 15 is 0 Å². The van der Waals surface area contributed by atoms with Crippen LogP contribution in [0.4, 0.5) is 17.1 Å². The number of carboxylic acids is 1. The van der Waals surface area contributed by atoms with E-state index in [0.717, 1.165) is 0 Å². The van der Waals surface area contributed by atoms with Crippen LogP contribution >= 0.6 is 0 Å². The van der Waals surface area contributed by atoms with Crippen LogP contribution in [-0.2, 0) is 0 Å². The van der Waals surface area contributed by atoms with Crippen LogP contribution in [0.15, 0.2) is 36.4 Å². The first-order valence-electron chi connectivity index (χ1n) is 6.03. The molecule has 106 valence electrons. The molecule has 0 heterocycles. The topological polar surface area (TPSA) is 108 Å². The van der Waals surface area contributed by atoms with E-state index in [-0.39, 0.29) is 11.3 Å². The van der Waals surface area contributed by atoms with Crippen molar-refractivity contribution in [3.05, 3.63) is 47.5 Å². The third kappa shape index (κ3) is 2.87. The lowest BCUT2D eigenvalue weighted by Gasteiger charge is -2.13. The summed E-state index contributed by atoms with van der Waals surface area (Å²) < 4.78 is 5.21. The minimum atomic E-state index is -1.11. The maximum absolute atomic E-state index is 11.1. The van der Waals surface area contributed by atoms with Crippen LogP contribution in [0.25, 0.3) is 0 Å². The van der Waals surface area contributed by atoms with Crippen LogP contribution in [0.5, 0.6) is 5.75 Å². The number of carbonyl (C=O) groups is 1. The zero-order valence-corrected chi connectivity index (χ0v) is 11.3. The summed E-state index contributed by atoms with van der Waals surface area (Å²) in [6.45, 7) is 0. The van der Waals surface area contributed by atoms with Gasteiger partial charge in [0.15, 0.2) is 0 Å². The number of nitriles is 1. The Balaban J connectivity index is 2.46. The van der Waals surface area contributed by atoms with Crippen LogP contribution in [0.1, 0.15) is 15.9 Å². The summed E-state index contributed by atoms with van der Waals surface area (Å²) in [7, 11) is 1.49. The Hall–Kier alpha value is -3.20. The third-order valence-electron chi connectivity index (χ3n) is 2.92. The Kier molecular flexibility index (Phi) is 3.95. The van der Waals surface area contributed by atoms with E-state index < -0.39 is 5.97 Å². The highest BCUT2D eigenvalue weighted by Crippen LogP contribution is 2.31. The van der Waals surface area contributed by atoms with Crippen molar-refractivity contribution in [1.82, 2.24) is 0 Å². The second-order valence-corrected chi connectivity index (χ2v) is 4.23. The van der Waals surface area contributed by atoms with E-state index in [1.54, 1.807) is 24.3 Å². The SMILES string of the molecule is COc1cccc(C#N)c1Nc1ccc(N)c(C(=O)O)c1. The molecule has 6 nitrogen and oxygen atoms in total. The van der Waals surface area contributed by atoms with Crippen LogP contribution in [-0.4, -0.2) is 18.2 Å². The number of benzene rings is 2. The van der Waals surface area contributed by atoms with Gasteiger partial charge in [-0.05, 0) is 30.3 Å². The molecule has 0 fully saturated rings. The standard InChI is InChI=1S/C15H13N3O3/c1-21-13-4-2-3-9(8-16)14(13)18-10-5-6-12(17)11(7-10)15(19)20/h2-7,18H,17H2,1H3,(H,19,20). The molecular weight excluding hydrogens is 270 g/mol. The van der Waals surface area contributed by atoms with Crippen LogP contribution < -0.4 is 15.8 Å². The molecule has 0 aliphatic heterocycles. The molecule has 0 aromatic heterocycles. The molecular formula is C15H13N3O3. The van der Waals surface area contributed by atoms with Gasteiger partial charge in [-0.2, -0.15) is 5.26 Å². The lowest BCUT2D eigenvalue weighted by molar-refractivity contribution is 0.0698. The number of nitrogens with zero attached hydrogens (tertiary/aromatic N) is 1. The van der Waals surface area contributed by atoms with Gasteiger partial charge in [-0.1, -0.05) is 6.07 Å². The largest absolute Gasteiger partial charge is 0.495 e. The smallest absolute Gasteiger partial charge is 0.337 e. The van der Waals surface area contributed by atoms with Gasteiger partial charge in [0.2, 0.25) is 0 Å². The molecule has 0 aliphatic rings. The molecule has 0 bridgehead atoms. The summed E-state index contributed by atoms with van der Waals surface area (Å²) >= 11 is 0. The number of ether oxygens (including phenoxy) is 1. The zero-order chi connectivity index (χ0) is 15.4. The van der Waals surface area contributed by atoms with Gasteiger partial charge in [-0.25, -0.2) is 4.79 Å². The fourth-order valence-corrected chi connectivity index (χ4v) is 1.89. The fourth-order valence-electron chi connectivity index (χ4n) is 1.89. The first kappa shape index (κ1) is 14.2. The zero-order valence-electron chi connectivity index (χ0n) is 11.3. The molecule has 0 radical (unpaired) electrons. The van der Waals surface area contributed by atoms with Crippen molar-refractivity contribution in [1.29, 1.82) is 5.26 Å². The van der Waals surface area contributed by atoms with Crippen molar-refractivity contribution in [2.45, 2.75) is 0 Å². The number of carboxylic acid groups (broad SMARTS) is 1. The van der Waals surface area contributed by atoms with Crippen LogP contribution in [0.2, 0.25) is 0 Å². The lowest BCUT2D eigenvalue weighted by atomic mass is 10.1. The lowest BCUT2D eigenvalue weighted by Crippen LogP contribution is -2.04.